The van der Waals surface area contributed by atoms with E-state index in [0.717, 1.165) is 26.2 Å². The van der Waals surface area contributed by atoms with E-state index in [1.165, 1.54) is 28.3 Å². The highest BCUT2D eigenvalue weighted by atomic mass is 19.1. The van der Waals surface area contributed by atoms with Crippen molar-refractivity contribution in [1.29, 1.82) is 0 Å². The fourth-order valence-electron chi connectivity index (χ4n) is 4.51. The summed E-state index contributed by atoms with van der Waals surface area (Å²) in [6.07, 6.45) is 1.64. The van der Waals surface area contributed by atoms with E-state index in [2.05, 4.69) is 58.6 Å². The van der Waals surface area contributed by atoms with Gasteiger partial charge in [-0.05, 0) is 17.2 Å². The summed E-state index contributed by atoms with van der Waals surface area (Å²) >= 11 is 0. The van der Waals surface area contributed by atoms with Crippen molar-refractivity contribution in [2.45, 2.75) is 6.04 Å². The van der Waals surface area contributed by atoms with Crippen molar-refractivity contribution < 1.29 is 9.29 Å². The van der Waals surface area contributed by atoms with Crippen molar-refractivity contribution in [3.05, 3.63) is 95.3 Å². The van der Waals surface area contributed by atoms with E-state index >= 15 is 0 Å². The molecular weight excluding hydrogens is 349 g/mol. The van der Waals surface area contributed by atoms with Crippen LogP contribution in [0.25, 0.3) is 11.1 Å². The van der Waals surface area contributed by atoms with E-state index in [-0.39, 0.29) is 5.82 Å². The number of hydrogen-bond donors (Lipinski definition) is 1. The first-order valence-electron chi connectivity index (χ1n) is 9.87. The van der Waals surface area contributed by atoms with Crippen LogP contribution in [-0.2, 0) is 0 Å². The maximum Gasteiger partial charge on any atom is 0.140 e. The molecule has 3 aromatic rings. The topological polar surface area (TPSA) is 20.0 Å². The molecule has 0 bridgehead atoms. The Kier molecular flexibility index (Phi) is 4.41. The largest absolute Gasteiger partial charge is 0.322 e. The Bertz CT molecular complexity index is 976. The molecule has 1 saturated heterocycles. The fourth-order valence-corrected chi connectivity index (χ4v) is 4.51. The van der Waals surface area contributed by atoms with Crippen LogP contribution in [0.15, 0.2) is 77.9 Å². The number of nitrogens with one attached hydrogen (secondary N) is 1. The number of quaternary nitrogens is 1. The van der Waals surface area contributed by atoms with E-state index in [9.17, 15) is 4.39 Å². The SMILES string of the molecule is Fc1ccccc1/C=N/N1CC[NH+](C2c3ccccc3-c3ccccc32)CC1. The normalized spacial score (nSPS) is 17.1. The lowest BCUT2D eigenvalue weighted by Crippen LogP contribution is -3.14. The van der Waals surface area contributed by atoms with Crippen molar-refractivity contribution in [2.24, 2.45) is 5.10 Å². The quantitative estimate of drug-likeness (QED) is 0.701. The van der Waals surface area contributed by atoms with Crippen LogP contribution in [0.4, 0.5) is 4.39 Å². The van der Waals surface area contributed by atoms with Gasteiger partial charge in [0.1, 0.15) is 11.9 Å². The second kappa shape index (κ2) is 7.21. The van der Waals surface area contributed by atoms with Crippen LogP contribution < -0.4 is 4.90 Å². The molecule has 140 valence electrons. The summed E-state index contributed by atoms with van der Waals surface area (Å²) in [6, 6.07) is 24.7. The van der Waals surface area contributed by atoms with Gasteiger partial charge in [-0.1, -0.05) is 66.7 Å². The lowest BCUT2D eigenvalue weighted by atomic mass is 10.0. The van der Waals surface area contributed by atoms with Gasteiger partial charge in [0.2, 0.25) is 0 Å². The summed E-state index contributed by atoms with van der Waals surface area (Å²) < 4.78 is 13.8. The minimum absolute atomic E-state index is 0.227. The van der Waals surface area contributed by atoms with Gasteiger partial charge in [0.15, 0.2) is 0 Å². The molecule has 0 spiro atoms. The number of benzene rings is 3. The van der Waals surface area contributed by atoms with E-state index in [1.54, 1.807) is 23.2 Å². The van der Waals surface area contributed by atoms with Gasteiger partial charge in [0, 0.05) is 16.7 Å². The van der Waals surface area contributed by atoms with E-state index in [1.807, 2.05) is 6.07 Å². The molecule has 2 aliphatic rings. The Morgan fingerprint density at radius 3 is 2.04 bits per heavy atom. The number of nitrogens with zero attached hydrogens (tertiary/aromatic N) is 2. The zero-order valence-corrected chi connectivity index (χ0v) is 15.7. The molecule has 1 aliphatic heterocycles. The summed E-state index contributed by atoms with van der Waals surface area (Å²) in [5.74, 6) is -0.227. The third-order valence-corrected chi connectivity index (χ3v) is 5.89. The highest BCUT2D eigenvalue weighted by Crippen LogP contribution is 2.41. The van der Waals surface area contributed by atoms with Crippen LogP contribution in [0.1, 0.15) is 22.7 Å². The molecule has 1 N–H and O–H groups in total. The Balaban J connectivity index is 1.33. The highest BCUT2D eigenvalue weighted by molar-refractivity contribution is 5.79. The summed E-state index contributed by atoms with van der Waals surface area (Å²) in [7, 11) is 0. The Hall–Kier alpha value is -2.98. The lowest BCUT2D eigenvalue weighted by Gasteiger charge is -2.34. The summed E-state index contributed by atoms with van der Waals surface area (Å²) in [6.45, 7) is 3.78. The first-order valence-corrected chi connectivity index (χ1v) is 9.87. The van der Waals surface area contributed by atoms with Gasteiger partial charge in [0.05, 0.1) is 32.4 Å². The molecule has 3 aromatic carbocycles. The van der Waals surface area contributed by atoms with Crippen LogP contribution >= 0.6 is 0 Å². The third kappa shape index (κ3) is 3.00. The molecular formula is C24H23FN3+. The molecule has 4 heteroatoms. The average Bonchev–Trinajstić information content (AvgIpc) is 3.08. The van der Waals surface area contributed by atoms with Gasteiger partial charge in [-0.25, -0.2) is 4.39 Å². The number of rotatable bonds is 3. The molecule has 5 rings (SSSR count). The molecule has 1 fully saturated rings. The van der Waals surface area contributed by atoms with Crippen LogP contribution in [0.3, 0.4) is 0 Å². The molecule has 1 aliphatic carbocycles. The zero-order chi connectivity index (χ0) is 18.9. The average molecular weight is 372 g/mol. The van der Waals surface area contributed by atoms with Crippen molar-refractivity contribution >= 4 is 6.21 Å². The standard InChI is InChI=1S/C24H22FN3/c25-23-12-6-1-7-18(23)17-26-28-15-13-27(14-16-28)24-21-10-4-2-8-19(21)20-9-3-5-11-22(20)24/h1-12,17,24H,13-16H2/p+1/b26-17+. The first-order chi connectivity index (χ1) is 13.8. The number of piperazine rings is 1. The third-order valence-electron chi connectivity index (χ3n) is 5.89. The number of hydrazone groups is 1. The Morgan fingerprint density at radius 1 is 0.821 bits per heavy atom. The molecule has 3 nitrogen and oxygen atoms in total. The summed E-state index contributed by atoms with van der Waals surface area (Å²) in [4.78, 5) is 1.58. The van der Waals surface area contributed by atoms with Crippen LogP contribution in [0, 0.1) is 5.82 Å². The predicted octanol–water partition coefficient (Wildman–Crippen LogP) is 3.13. The second-order valence-electron chi connectivity index (χ2n) is 7.49. The van der Waals surface area contributed by atoms with E-state index in [4.69, 9.17) is 0 Å². The Labute approximate surface area is 164 Å². The molecule has 0 unspecified atom stereocenters. The lowest BCUT2D eigenvalue weighted by molar-refractivity contribution is -0.929. The zero-order valence-electron chi connectivity index (χ0n) is 15.7. The van der Waals surface area contributed by atoms with E-state index in [0.29, 0.717) is 11.6 Å². The number of halogens is 1. The molecule has 1 heterocycles. The highest BCUT2D eigenvalue weighted by Gasteiger charge is 2.37. The van der Waals surface area contributed by atoms with Gasteiger partial charge in [-0.2, -0.15) is 5.10 Å². The van der Waals surface area contributed by atoms with Crippen LogP contribution in [-0.4, -0.2) is 37.4 Å². The monoisotopic (exact) mass is 372 g/mol. The van der Waals surface area contributed by atoms with Crippen molar-refractivity contribution in [3.8, 4) is 11.1 Å². The molecule has 0 atom stereocenters. The summed E-state index contributed by atoms with van der Waals surface area (Å²) in [5.41, 5.74) is 6.14. The van der Waals surface area contributed by atoms with Crippen molar-refractivity contribution in [3.63, 3.8) is 0 Å². The number of hydrogen-bond acceptors (Lipinski definition) is 2. The molecule has 0 amide bonds. The molecule has 28 heavy (non-hydrogen) atoms. The minimum atomic E-state index is -0.227. The van der Waals surface area contributed by atoms with Crippen molar-refractivity contribution in [2.75, 3.05) is 26.2 Å². The molecule has 0 aromatic heterocycles. The number of fused-ring (bicyclic) bond motifs is 3. The van der Waals surface area contributed by atoms with Crippen molar-refractivity contribution in [1.82, 2.24) is 5.01 Å². The van der Waals surface area contributed by atoms with Gasteiger partial charge >= 0.3 is 0 Å². The smallest absolute Gasteiger partial charge is 0.140 e. The second-order valence-corrected chi connectivity index (χ2v) is 7.49. The van der Waals surface area contributed by atoms with Crippen LogP contribution in [0.5, 0.6) is 0 Å². The first kappa shape index (κ1) is 17.1. The predicted molar refractivity (Wildman–Crippen MR) is 110 cm³/mol. The summed E-state index contributed by atoms with van der Waals surface area (Å²) in [5, 5.41) is 6.58. The minimum Gasteiger partial charge on any atom is -0.322 e. The van der Waals surface area contributed by atoms with Gasteiger partial charge in [-0.3, -0.25) is 5.01 Å². The van der Waals surface area contributed by atoms with Gasteiger partial charge in [0.25, 0.3) is 0 Å². The van der Waals surface area contributed by atoms with Crippen LogP contribution in [0.2, 0.25) is 0 Å². The maximum atomic E-state index is 13.8. The Morgan fingerprint density at radius 2 is 1.39 bits per heavy atom. The fraction of sp³-hybridized carbons (Fsp3) is 0.208. The molecule has 0 saturated carbocycles. The van der Waals surface area contributed by atoms with Gasteiger partial charge in [-0.15, -0.1) is 0 Å². The van der Waals surface area contributed by atoms with Gasteiger partial charge < -0.3 is 4.90 Å². The van der Waals surface area contributed by atoms with E-state index < -0.39 is 0 Å². The maximum absolute atomic E-state index is 13.8. The molecule has 0 radical (unpaired) electrons.